The fraction of sp³-hybridized carbons (Fsp3) is 0.536. The van der Waals surface area contributed by atoms with Crippen LogP contribution >= 0.6 is 11.3 Å². The van der Waals surface area contributed by atoms with Gasteiger partial charge in [0, 0.05) is 51.1 Å². The minimum Gasteiger partial charge on any atom is -0.465 e. The zero-order chi connectivity index (χ0) is 30.9. The third kappa shape index (κ3) is 9.58. The van der Waals surface area contributed by atoms with Crippen LogP contribution < -0.4 is 21.3 Å². The standard InChI is InChI=1S/C28H41N7O6S/c1-5-6-14-28(32-26(38)39,33-27(40)41)31-21-10-7-19(8-11-21)9-12-22-23(42-25(30-22)29-18(2)36)17-35-15-13-20(16-35)24(37)34(3)4/h7-8,10-11,20,31-33H,5-6,9,12-17H2,1-4H3,(H,38,39)(H,40,41)(H,29,30,36)/t20-/m1/s1. The highest BCUT2D eigenvalue weighted by Gasteiger charge is 2.33. The van der Waals surface area contributed by atoms with Gasteiger partial charge in [0.1, 0.15) is 0 Å². The van der Waals surface area contributed by atoms with E-state index >= 15 is 0 Å². The number of nitrogens with one attached hydrogen (secondary N) is 4. The first-order chi connectivity index (χ1) is 19.9. The summed E-state index contributed by atoms with van der Waals surface area (Å²) < 4.78 is 0. The molecule has 230 valence electrons. The topological polar surface area (TPSA) is 176 Å². The molecule has 1 aliphatic heterocycles. The molecule has 1 aliphatic rings. The molecule has 0 aliphatic carbocycles. The summed E-state index contributed by atoms with van der Waals surface area (Å²) in [5, 5.41) is 29.6. The highest BCUT2D eigenvalue weighted by molar-refractivity contribution is 7.15. The lowest BCUT2D eigenvalue weighted by atomic mass is 10.1. The molecule has 14 heteroatoms. The van der Waals surface area contributed by atoms with Gasteiger partial charge < -0.3 is 25.7 Å². The molecule has 6 N–H and O–H groups in total. The summed E-state index contributed by atoms with van der Waals surface area (Å²) >= 11 is 1.45. The van der Waals surface area contributed by atoms with E-state index in [9.17, 15) is 29.4 Å². The number of likely N-dealkylation sites (tertiary alicyclic amines) is 1. The van der Waals surface area contributed by atoms with Crippen LogP contribution in [0.4, 0.5) is 20.4 Å². The molecule has 1 fully saturated rings. The Morgan fingerprint density at radius 1 is 1.10 bits per heavy atom. The molecule has 42 heavy (non-hydrogen) atoms. The predicted octanol–water partition coefficient (Wildman–Crippen LogP) is 3.59. The number of thiazole rings is 1. The van der Waals surface area contributed by atoms with Gasteiger partial charge in [0.25, 0.3) is 0 Å². The maximum Gasteiger partial charge on any atom is 0.407 e. The van der Waals surface area contributed by atoms with Crippen LogP contribution in [0.2, 0.25) is 0 Å². The Balaban J connectivity index is 1.70. The van der Waals surface area contributed by atoms with Crippen LogP contribution in [0, 0.1) is 5.92 Å². The molecule has 0 spiro atoms. The molecule has 0 radical (unpaired) electrons. The predicted molar refractivity (Wildman–Crippen MR) is 161 cm³/mol. The monoisotopic (exact) mass is 603 g/mol. The van der Waals surface area contributed by atoms with Crippen LogP contribution in [0.25, 0.3) is 0 Å². The molecule has 2 aromatic rings. The maximum absolute atomic E-state index is 12.4. The Morgan fingerprint density at radius 3 is 2.33 bits per heavy atom. The van der Waals surface area contributed by atoms with Crippen molar-refractivity contribution in [1.82, 2.24) is 25.4 Å². The van der Waals surface area contributed by atoms with Gasteiger partial charge in [0.2, 0.25) is 11.8 Å². The largest absolute Gasteiger partial charge is 0.465 e. The van der Waals surface area contributed by atoms with Gasteiger partial charge in [-0.25, -0.2) is 14.6 Å². The molecule has 0 unspecified atom stereocenters. The van der Waals surface area contributed by atoms with Gasteiger partial charge >= 0.3 is 12.2 Å². The minimum absolute atomic E-state index is 0.0181. The maximum atomic E-state index is 12.4. The molecule has 1 aromatic carbocycles. The van der Waals surface area contributed by atoms with Crippen LogP contribution in [0.5, 0.6) is 0 Å². The number of hydrogen-bond acceptors (Lipinski definition) is 8. The normalized spacial score (nSPS) is 15.2. The highest BCUT2D eigenvalue weighted by Crippen LogP contribution is 2.29. The molecule has 0 bridgehead atoms. The molecule has 3 rings (SSSR count). The first-order valence-electron chi connectivity index (χ1n) is 14.0. The zero-order valence-electron chi connectivity index (χ0n) is 24.5. The van der Waals surface area contributed by atoms with Crippen molar-refractivity contribution in [3.8, 4) is 0 Å². The van der Waals surface area contributed by atoms with Gasteiger partial charge in [-0.05, 0) is 49.9 Å². The lowest BCUT2D eigenvalue weighted by Crippen LogP contribution is -2.65. The van der Waals surface area contributed by atoms with Crippen molar-refractivity contribution in [1.29, 1.82) is 0 Å². The summed E-state index contributed by atoms with van der Waals surface area (Å²) in [5.74, 6) is -1.64. The van der Waals surface area contributed by atoms with Crippen LogP contribution in [0.1, 0.15) is 55.7 Å². The van der Waals surface area contributed by atoms with E-state index in [1.807, 2.05) is 19.1 Å². The molecular weight excluding hydrogens is 562 g/mol. The van der Waals surface area contributed by atoms with E-state index in [0.29, 0.717) is 43.2 Å². The molecule has 2 heterocycles. The van der Waals surface area contributed by atoms with Gasteiger partial charge in [-0.2, -0.15) is 0 Å². The number of unbranched alkanes of at least 4 members (excludes halogenated alkanes) is 1. The fourth-order valence-electron chi connectivity index (χ4n) is 5.00. The van der Waals surface area contributed by atoms with E-state index in [2.05, 4.69) is 31.2 Å². The van der Waals surface area contributed by atoms with E-state index in [-0.39, 0.29) is 24.2 Å². The number of hydrogen-bond donors (Lipinski definition) is 6. The quantitative estimate of drug-likeness (QED) is 0.176. The van der Waals surface area contributed by atoms with Crippen LogP contribution in [-0.4, -0.2) is 82.0 Å². The lowest BCUT2D eigenvalue weighted by molar-refractivity contribution is -0.132. The number of rotatable bonds is 14. The van der Waals surface area contributed by atoms with E-state index in [4.69, 9.17) is 0 Å². The van der Waals surface area contributed by atoms with Crippen molar-refractivity contribution in [2.45, 2.75) is 64.7 Å². The fourth-order valence-corrected chi connectivity index (χ4v) is 6.10. The van der Waals surface area contributed by atoms with Gasteiger partial charge in [-0.1, -0.05) is 25.5 Å². The van der Waals surface area contributed by atoms with E-state index in [0.717, 1.165) is 35.5 Å². The molecule has 1 saturated heterocycles. The number of nitrogens with zero attached hydrogens (tertiary/aromatic N) is 3. The smallest absolute Gasteiger partial charge is 0.407 e. The van der Waals surface area contributed by atoms with Crippen molar-refractivity contribution in [2.24, 2.45) is 5.92 Å². The first kappa shape index (κ1) is 32.6. The Kier molecular flexibility index (Phi) is 11.5. The van der Waals surface area contributed by atoms with Crippen molar-refractivity contribution in [3.63, 3.8) is 0 Å². The molecule has 1 aromatic heterocycles. The summed E-state index contributed by atoms with van der Waals surface area (Å²) in [5.41, 5.74) is 2.45. The Labute approximate surface area is 249 Å². The number of carboxylic acid groups (broad SMARTS) is 2. The number of aryl methyl sites for hydroxylation is 2. The summed E-state index contributed by atoms with van der Waals surface area (Å²) in [6.45, 7) is 5.54. The second-order valence-electron chi connectivity index (χ2n) is 10.7. The van der Waals surface area contributed by atoms with Gasteiger partial charge in [0.05, 0.1) is 11.6 Å². The molecule has 4 amide bonds. The average Bonchev–Trinajstić information content (AvgIpc) is 3.52. The van der Waals surface area contributed by atoms with Gasteiger partial charge in [-0.15, -0.1) is 11.3 Å². The Bertz CT molecular complexity index is 1230. The van der Waals surface area contributed by atoms with Gasteiger partial charge in [0.15, 0.2) is 10.9 Å². The SMILES string of the molecule is CCCCC(NC(=O)O)(NC(=O)O)Nc1ccc(CCc2nc(NC(C)=O)sc2CN2CC[C@@H](C(=O)N(C)C)C2)cc1. The minimum atomic E-state index is -1.57. The summed E-state index contributed by atoms with van der Waals surface area (Å²) in [7, 11) is 3.55. The summed E-state index contributed by atoms with van der Waals surface area (Å²) in [6.07, 6.45) is 0.965. The third-order valence-electron chi connectivity index (χ3n) is 7.00. The van der Waals surface area contributed by atoms with Crippen LogP contribution in [0.3, 0.4) is 0 Å². The number of amides is 4. The zero-order valence-corrected chi connectivity index (χ0v) is 25.3. The van der Waals surface area contributed by atoms with Crippen molar-refractivity contribution < 1.29 is 29.4 Å². The van der Waals surface area contributed by atoms with E-state index in [1.165, 1.54) is 18.3 Å². The lowest BCUT2D eigenvalue weighted by Gasteiger charge is -2.35. The van der Waals surface area contributed by atoms with E-state index in [1.54, 1.807) is 31.1 Å². The Morgan fingerprint density at radius 2 is 1.76 bits per heavy atom. The number of carbonyl (C=O) groups excluding carboxylic acids is 2. The third-order valence-corrected chi connectivity index (χ3v) is 8.00. The summed E-state index contributed by atoms with van der Waals surface area (Å²) in [4.78, 5) is 56.6. The molecule has 0 saturated carbocycles. The second kappa shape index (κ2) is 14.8. The number of aromatic nitrogens is 1. The Hall–Kier alpha value is -3.91. The van der Waals surface area contributed by atoms with Crippen molar-refractivity contribution in [2.75, 3.05) is 37.8 Å². The van der Waals surface area contributed by atoms with Crippen molar-refractivity contribution in [3.05, 3.63) is 40.4 Å². The van der Waals surface area contributed by atoms with Gasteiger partial charge in [-0.3, -0.25) is 25.1 Å². The first-order valence-corrected chi connectivity index (χ1v) is 14.8. The second-order valence-corrected chi connectivity index (χ2v) is 11.8. The van der Waals surface area contributed by atoms with Crippen LogP contribution in [-0.2, 0) is 29.0 Å². The molecular formula is C28H41N7O6S. The van der Waals surface area contributed by atoms with E-state index < -0.39 is 18.0 Å². The highest BCUT2D eigenvalue weighted by atomic mass is 32.1. The number of anilines is 2. The van der Waals surface area contributed by atoms with Crippen LogP contribution in [0.15, 0.2) is 24.3 Å². The number of carbonyl (C=O) groups is 4. The summed E-state index contributed by atoms with van der Waals surface area (Å²) in [6, 6.07) is 7.35. The van der Waals surface area contributed by atoms with Crippen molar-refractivity contribution >= 4 is 46.2 Å². The molecule has 1 atom stereocenters. The average molecular weight is 604 g/mol. The number of benzene rings is 1. The molecule has 13 nitrogen and oxygen atoms in total.